The zero-order valence-corrected chi connectivity index (χ0v) is 18.4. The van der Waals surface area contributed by atoms with E-state index in [9.17, 15) is 13.2 Å². The number of hydrogen-bond donors (Lipinski definition) is 1. The van der Waals surface area contributed by atoms with E-state index >= 15 is 0 Å². The number of carbonyl (C=O) groups excluding carboxylic acids is 1. The van der Waals surface area contributed by atoms with Crippen LogP contribution in [0.15, 0.2) is 59.5 Å². The summed E-state index contributed by atoms with van der Waals surface area (Å²) in [6.45, 7) is 6.02. The minimum Gasteiger partial charge on any atom is -0.334 e. The van der Waals surface area contributed by atoms with Gasteiger partial charge in [0, 0.05) is 26.2 Å². The quantitative estimate of drug-likeness (QED) is 0.793. The molecule has 30 heavy (non-hydrogen) atoms. The molecule has 1 unspecified atom stereocenters. The Morgan fingerprint density at radius 1 is 1.10 bits per heavy atom. The first-order valence-electron chi connectivity index (χ1n) is 10.5. The van der Waals surface area contributed by atoms with Crippen LogP contribution in [0.4, 0.5) is 4.79 Å². The first-order valence-corrected chi connectivity index (χ1v) is 12.0. The number of nitrogens with zero attached hydrogens (tertiary/aromatic N) is 2. The maximum Gasteiger partial charge on any atom is 0.317 e. The summed E-state index contributed by atoms with van der Waals surface area (Å²) in [6, 6.07) is 16.9. The highest BCUT2D eigenvalue weighted by Crippen LogP contribution is 2.49. The summed E-state index contributed by atoms with van der Waals surface area (Å²) in [7, 11) is -3.56. The number of amides is 2. The molecule has 1 N–H and O–H groups in total. The van der Waals surface area contributed by atoms with Gasteiger partial charge in [0.15, 0.2) is 0 Å². The second-order valence-electron chi connectivity index (χ2n) is 8.60. The second kappa shape index (κ2) is 8.04. The molecule has 1 spiro atoms. The molecule has 2 aromatic rings. The van der Waals surface area contributed by atoms with Crippen LogP contribution in [0.1, 0.15) is 37.8 Å². The van der Waals surface area contributed by atoms with E-state index in [1.807, 2.05) is 42.5 Å². The van der Waals surface area contributed by atoms with E-state index in [4.69, 9.17) is 0 Å². The molecule has 1 fully saturated rings. The zero-order valence-electron chi connectivity index (χ0n) is 17.5. The van der Waals surface area contributed by atoms with Crippen molar-refractivity contribution in [3.8, 4) is 0 Å². The molecule has 0 aliphatic carbocycles. The van der Waals surface area contributed by atoms with Crippen LogP contribution in [0.25, 0.3) is 0 Å². The monoisotopic (exact) mass is 427 g/mol. The summed E-state index contributed by atoms with van der Waals surface area (Å²) in [6.07, 6.45) is 1.40. The SMILES string of the molecule is CC(C)CCN1C2(CCN(C(=O)NCc3ccccc3)C2)c2ccccc2S1(=O)=O. The molecule has 0 aromatic heterocycles. The largest absolute Gasteiger partial charge is 0.334 e. The molecule has 4 rings (SSSR count). The van der Waals surface area contributed by atoms with Crippen molar-refractivity contribution in [3.63, 3.8) is 0 Å². The third kappa shape index (κ3) is 3.61. The summed E-state index contributed by atoms with van der Waals surface area (Å²) in [5.41, 5.74) is 1.19. The molecule has 160 valence electrons. The standard InChI is InChI=1S/C23H29N3O3S/c1-18(2)12-14-26-23(20-10-6-7-11-21(20)30(26,28)29)13-15-25(17-23)22(27)24-16-19-8-4-3-5-9-19/h3-11,18H,12-17H2,1-2H3,(H,24,27). The number of benzene rings is 2. The molecule has 0 bridgehead atoms. The maximum absolute atomic E-state index is 13.4. The number of hydrogen-bond acceptors (Lipinski definition) is 3. The summed E-state index contributed by atoms with van der Waals surface area (Å²) in [4.78, 5) is 15.0. The highest BCUT2D eigenvalue weighted by atomic mass is 32.2. The van der Waals surface area contributed by atoms with Gasteiger partial charge >= 0.3 is 6.03 Å². The lowest BCUT2D eigenvalue weighted by Crippen LogP contribution is -2.48. The fourth-order valence-electron chi connectivity index (χ4n) is 4.54. The number of likely N-dealkylation sites (tertiary alicyclic amines) is 1. The molecule has 0 radical (unpaired) electrons. The molecular weight excluding hydrogens is 398 g/mol. The van der Waals surface area contributed by atoms with Crippen molar-refractivity contribution < 1.29 is 13.2 Å². The number of sulfonamides is 1. The van der Waals surface area contributed by atoms with E-state index in [1.54, 1.807) is 21.3 Å². The Kier molecular flexibility index (Phi) is 5.59. The highest BCUT2D eigenvalue weighted by Gasteiger charge is 2.57. The van der Waals surface area contributed by atoms with Crippen LogP contribution in [0.2, 0.25) is 0 Å². The molecule has 7 heteroatoms. The van der Waals surface area contributed by atoms with Crippen molar-refractivity contribution in [1.82, 2.24) is 14.5 Å². The van der Waals surface area contributed by atoms with Gasteiger partial charge in [0.1, 0.15) is 0 Å². The lowest BCUT2D eigenvalue weighted by atomic mass is 9.88. The molecule has 2 amide bonds. The van der Waals surface area contributed by atoms with Gasteiger partial charge in [0.2, 0.25) is 10.0 Å². The van der Waals surface area contributed by atoms with Gasteiger partial charge in [-0.3, -0.25) is 0 Å². The van der Waals surface area contributed by atoms with Crippen molar-refractivity contribution in [3.05, 3.63) is 65.7 Å². The first-order chi connectivity index (χ1) is 14.3. The minimum atomic E-state index is -3.56. The maximum atomic E-state index is 13.4. The topological polar surface area (TPSA) is 69.7 Å². The average molecular weight is 428 g/mol. The predicted molar refractivity (Wildman–Crippen MR) is 116 cm³/mol. The molecule has 2 aliphatic rings. The average Bonchev–Trinajstić information content (AvgIpc) is 3.25. The van der Waals surface area contributed by atoms with Crippen LogP contribution >= 0.6 is 0 Å². The van der Waals surface area contributed by atoms with Crippen molar-refractivity contribution >= 4 is 16.1 Å². The third-order valence-electron chi connectivity index (χ3n) is 6.16. The van der Waals surface area contributed by atoms with Crippen LogP contribution in [0, 0.1) is 5.92 Å². The molecular formula is C23H29N3O3S. The normalized spacial score (nSPS) is 22.6. The summed E-state index contributed by atoms with van der Waals surface area (Å²) < 4.78 is 28.4. The fourth-order valence-corrected chi connectivity index (χ4v) is 6.62. The van der Waals surface area contributed by atoms with Crippen molar-refractivity contribution in [2.24, 2.45) is 5.92 Å². The van der Waals surface area contributed by atoms with E-state index < -0.39 is 15.6 Å². The Labute approximate surface area is 178 Å². The zero-order chi connectivity index (χ0) is 21.4. The van der Waals surface area contributed by atoms with Crippen molar-refractivity contribution in [2.75, 3.05) is 19.6 Å². The van der Waals surface area contributed by atoms with Crippen molar-refractivity contribution in [2.45, 2.75) is 43.7 Å². The molecule has 6 nitrogen and oxygen atoms in total. The predicted octanol–water partition coefficient (Wildman–Crippen LogP) is 3.55. The van der Waals surface area contributed by atoms with Crippen molar-refractivity contribution in [1.29, 1.82) is 0 Å². The summed E-state index contributed by atoms with van der Waals surface area (Å²) >= 11 is 0. The number of fused-ring (bicyclic) bond motifs is 2. The lowest BCUT2D eigenvalue weighted by Gasteiger charge is -2.34. The van der Waals surface area contributed by atoms with E-state index in [1.165, 1.54) is 0 Å². The molecule has 2 aromatic carbocycles. The Bertz CT molecular complexity index is 1020. The number of rotatable bonds is 5. The highest BCUT2D eigenvalue weighted by molar-refractivity contribution is 7.89. The van der Waals surface area contributed by atoms with Crippen LogP contribution in [0.3, 0.4) is 0 Å². The number of carbonyl (C=O) groups is 1. The molecule has 1 atom stereocenters. The molecule has 2 aliphatic heterocycles. The van der Waals surface area contributed by atoms with E-state index in [-0.39, 0.29) is 6.03 Å². The first kappa shape index (κ1) is 20.9. The minimum absolute atomic E-state index is 0.152. The number of urea groups is 1. The van der Waals surface area contributed by atoms with Gasteiger partial charge in [0.05, 0.1) is 10.4 Å². The third-order valence-corrected chi connectivity index (χ3v) is 8.19. The summed E-state index contributed by atoms with van der Waals surface area (Å²) in [5.74, 6) is 0.396. The second-order valence-corrected chi connectivity index (χ2v) is 10.4. The summed E-state index contributed by atoms with van der Waals surface area (Å²) in [5, 5.41) is 2.98. The van der Waals surface area contributed by atoms with E-state index in [0.29, 0.717) is 43.4 Å². The molecule has 0 saturated carbocycles. The lowest BCUT2D eigenvalue weighted by molar-refractivity contribution is 0.177. The van der Waals surface area contributed by atoms with Gasteiger partial charge in [-0.15, -0.1) is 0 Å². The molecule has 1 saturated heterocycles. The van der Waals surface area contributed by atoms with Crippen LogP contribution in [-0.4, -0.2) is 43.3 Å². The van der Waals surface area contributed by atoms with Crippen LogP contribution in [-0.2, 0) is 22.1 Å². The van der Waals surface area contributed by atoms with Gasteiger partial charge < -0.3 is 10.2 Å². The fraction of sp³-hybridized carbons (Fsp3) is 0.435. The van der Waals surface area contributed by atoms with E-state index in [0.717, 1.165) is 17.5 Å². The number of nitrogens with one attached hydrogen (secondary N) is 1. The van der Waals surface area contributed by atoms with Gasteiger partial charge in [0.25, 0.3) is 0 Å². The van der Waals surface area contributed by atoms with Gasteiger partial charge in [-0.25, -0.2) is 13.2 Å². The van der Waals surface area contributed by atoms with Gasteiger partial charge in [-0.1, -0.05) is 62.4 Å². The molecule has 2 heterocycles. The Morgan fingerprint density at radius 3 is 2.53 bits per heavy atom. The Balaban J connectivity index is 1.57. The van der Waals surface area contributed by atoms with E-state index in [2.05, 4.69) is 19.2 Å². The Morgan fingerprint density at radius 2 is 1.80 bits per heavy atom. The van der Waals surface area contributed by atoms with Crippen LogP contribution < -0.4 is 5.32 Å². The van der Waals surface area contributed by atoms with Crippen LogP contribution in [0.5, 0.6) is 0 Å². The Hall–Kier alpha value is -2.38. The van der Waals surface area contributed by atoms with Gasteiger partial charge in [-0.05, 0) is 36.0 Å². The van der Waals surface area contributed by atoms with Gasteiger partial charge in [-0.2, -0.15) is 4.31 Å². The smallest absolute Gasteiger partial charge is 0.317 e.